The molecule has 0 radical (unpaired) electrons. The van der Waals surface area contributed by atoms with Crippen LogP contribution in [0.5, 0.6) is 0 Å². The lowest BCUT2D eigenvalue weighted by Gasteiger charge is -2.25. The summed E-state index contributed by atoms with van der Waals surface area (Å²) in [4.78, 5) is 106. The zero-order valence-electron chi connectivity index (χ0n) is 63.2. The second-order valence-corrected chi connectivity index (χ2v) is 33.2. The van der Waals surface area contributed by atoms with Crippen molar-refractivity contribution in [1.82, 2.24) is 39.7 Å². The van der Waals surface area contributed by atoms with Crippen LogP contribution in [0.4, 0.5) is 11.4 Å². The summed E-state index contributed by atoms with van der Waals surface area (Å²) in [5.41, 5.74) is 2.52. The minimum absolute atomic E-state index is 0. The molecule has 18 nitrogen and oxygen atoms in total. The summed E-state index contributed by atoms with van der Waals surface area (Å²) in [5, 5.41) is 25.8. The number of rotatable bonds is 16. The number of halogens is 6. The lowest BCUT2D eigenvalue weighted by atomic mass is 10.1. The third kappa shape index (κ3) is 24.0. The Balaban J connectivity index is 0.000000158. The molecule has 16 rings (SSSR count). The van der Waals surface area contributed by atoms with Crippen molar-refractivity contribution in [3.8, 4) is 0 Å². The summed E-state index contributed by atoms with van der Waals surface area (Å²) in [6, 6.07) is 48.3. The second-order valence-electron chi connectivity index (χ2n) is 25.1. The van der Waals surface area contributed by atoms with Gasteiger partial charge in [0.05, 0.1) is 53.5 Å². The first kappa shape index (κ1) is 90.6. The van der Waals surface area contributed by atoms with Gasteiger partial charge in [0, 0.05) is 204 Å². The molecule has 596 valence electrons. The average molecular weight is 1780 g/mol. The van der Waals surface area contributed by atoms with Gasteiger partial charge in [0.25, 0.3) is 0 Å². The molecule has 0 aliphatic rings. The minimum atomic E-state index is -1.06. The molecule has 0 saturated heterocycles. The molecule has 0 fully saturated rings. The molecular formula is C86H76Cl6N10O8S6. The second kappa shape index (κ2) is 44.3. The third-order valence-corrected chi connectivity index (χ3v) is 25.0. The van der Waals surface area contributed by atoms with Crippen molar-refractivity contribution < 1.29 is 19.8 Å². The fraction of sp³-hybridized carbons (Fsp3) is 0.163. The van der Waals surface area contributed by atoms with Gasteiger partial charge in [-0.2, -0.15) is 0 Å². The van der Waals surface area contributed by atoms with Crippen molar-refractivity contribution in [2.45, 2.75) is 42.4 Å². The van der Waals surface area contributed by atoms with Crippen LogP contribution in [0.2, 0.25) is 25.1 Å². The van der Waals surface area contributed by atoms with Crippen LogP contribution in [-0.2, 0) is 0 Å². The van der Waals surface area contributed by atoms with Crippen molar-refractivity contribution in [2.24, 2.45) is 0 Å². The number of carboxylic acid groups (broad SMARTS) is 2. The Bertz CT molecular complexity index is 6330. The van der Waals surface area contributed by atoms with Gasteiger partial charge in [0.1, 0.15) is 0 Å². The Morgan fingerprint density at radius 3 is 1.31 bits per heavy atom. The zero-order chi connectivity index (χ0) is 82.2. The summed E-state index contributed by atoms with van der Waals surface area (Å²) in [7, 11) is 4.17. The van der Waals surface area contributed by atoms with Gasteiger partial charge in [0.15, 0.2) is 21.7 Å². The maximum Gasteiger partial charge on any atom is 0.338 e. The quantitative estimate of drug-likeness (QED) is 0.0602. The first-order valence-electron chi connectivity index (χ1n) is 35.8. The van der Waals surface area contributed by atoms with Gasteiger partial charge in [-0.3, -0.25) is 49.1 Å². The molecule has 0 amide bonds. The smallest absolute Gasteiger partial charge is 0.338 e. The van der Waals surface area contributed by atoms with E-state index in [1.165, 1.54) is 36.4 Å². The summed E-state index contributed by atoms with van der Waals surface area (Å²) in [6.45, 7) is 16.9. The molecule has 10 aromatic heterocycles. The number of carboxylic acids is 2. The SMILES string of the molecule is CCN(CC)CCN(C)c1ccc2c(=O)c3cnccc3sc2c1.CCN(CC)CCN(C)c1cccc2sc3ccncc3c(=O)c12.Cl.O=C(O)c1cnccc1Cl.O=C(O)c1cnccc1Sc1cccc(Cl)c1.O=c1c2ccc(Cl)cc2sc2ccncc12.O=c1c2cnccc2sc2cccc(Cl)c12.Sc1cccc(Cl)c1. The first-order valence-corrected chi connectivity index (χ1v) is 42.2. The van der Waals surface area contributed by atoms with Gasteiger partial charge >= 0.3 is 11.9 Å². The van der Waals surface area contributed by atoms with E-state index < -0.39 is 11.9 Å². The maximum atomic E-state index is 13.0. The van der Waals surface area contributed by atoms with Crippen LogP contribution >= 0.6 is 140 Å². The molecule has 6 aromatic carbocycles. The molecule has 2 N–H and O–H groups in total. The van der Waals surface area contributed by atoms with Gasteiger partial charge < -0.3 is 29.8 Å². The van der Waals surface area contributed by atoms with E-state index >= 15 is 0 Å². The van der Waals surface area contributed by atoms with E-state index in [1.54, 1.807) is 144 Å². The Morgan fingerprint density at radius 1 is 0.397 bits per heavy atom. The predicted molar refractivity (Wildman–Crippen MR) is 495 cm³/mol. The minimum Gasteiger partial charge on any atom is -0.478 e. The number of benzene rings is 6. The van der Waals surface area contributed by atoms with Crippen LogP contribution in [0.3, 0.4) is 0 Å². The Kier molecular flexibility index (Phi) is 34.6. The molecule has 116 heavy (non-hydrogen) atoms. The lowest BCUT2D eigenvalue weighted by molar-refractivity contribution is 0.0683. The lowest BCUT2D eigenvalue weighted by Crippen LogP contribution is -2.33. The van der Waals surface area contributed by atoms with Crippen LogP contribution in [0, 0.1) is 0 Å². The Labute approximate surface area is 725 Å². The number of pyridine rings is 6. The number of thiol groups is 1. The first-order chi connectivity index (χ1) is 55.5. The summed E-state index contributed by atoms with van der Waals surface area (Å²) >= 11 is 40.8. The van der Waals surface area contributed by atoms with Crippen molar-refractivity contribution in [1.29, 1.82) is 0 Å². The van der Waals surface area contributed by atoms with Crippen molar-refractivity contribution in [3.63, 3.8) is 0 Å². The highest BCUT2D eigenvalue weighted by molar-refractivity contribution is 7.99. The molecule has 16 aromatic rings. The van der Waals surface area contributed by atoms with E-state index in [4.69, 9.17) is 68.2 Å². The van der Waals surface area contributed by atoms with E-state index in [1.807, 2.05) is 103 Å². The van der Waals surface area contributed by atoms with Crippen LogP contribution in [-0.4, -0.2) is 128 Å². The highest BCUT2D eigenvalue weighted by atomic mass is 35.5. The van der Waals surface area contributed by atoms with Gasteiger partial charge in [-0.25, -0.2) is 9.59 Å². The molecule has 10 heterocycles. The fourth-order valence-corrected chi connectivity index (χ4v) is 18.3. The highest BCUT2D eigenvalue weighted by Gasteiger charge is 2.17. The molecular weight excluding hydrogens is 1710 g/mol. The number of carbonyl (C=O) groups is 2. The average Bonchev–Trinajstić information content (AvgIpc) is 0.793. The molecule has 0 atom stereocenters. The maximum absolute atomic E-state index is 13.0. The summed E-state index contributed by atoms with van der Waals surface area (Å²) in [5.74, 6) is -2.04. The standard InChI is InChI=1S/2C19H23N3OS.C12H8ClNO2S.2C12H6ClNOS.C6H4ClNO2.C6H5ClS.ClH/c1-4-22(5-2)11-10-21(3)14-6-7-15-18(12-14)24-17-8-9-20-13-16(17)19(15)23;1-4-22(5-2)12-11-21(3)15-7-6-8-17-18(15)19(23)14-13-20-10-9-16(14)24-17;13-8-2-1-3-9(6-8)17-11-4-5-14-7-10(11)12(15)16;13-7-1-2-8-11(5-7)16-10-3-4-14-6-9(10)12(8)15;13-8-2-1-3-10-11(8)12(15)7-6-14-5-4-9(7)16-10;7-5-1-2-8-3-4(5)6(9)10;7-5-2-1-3-6(8)4-5;/h6-9,12-13H,4-5,10-11H2,1-3H3;6-10,13H,4-5,11-12H2,1-3H3;1-7H,(H,15,16);2*1-6H;1-3H,(H,9,10);1-4,8H;1H. The van der Waals surface area contributed by atoms with Crippen LogP contribution in [0.1, 0.15) is 48.4 Å². The number of hydrogen-bond acceptors (Lipinski definition) is 22. The molecule has 0 saturated carbocycles. The van der Waals surface area contributed by atoms with Gasteiger partial charge in [0.2, 0.25) is 0 Å². The number of fused-ring (bicyclic) bond motifs is 8. The van der Waals surface area contributed by atoms with E-state index in [9.17, 15) is 28.8 Å². The van der Waals surface area contributed by atoms with Crippen molar-refractivity contribution in [2.75, 3.05) is 76.3 Å². The number of anilines is 2. The number of hydrogen-bond donors (Lipinski definition) is 3. The monoisotopic (exact) mass is 1780 g/mol. The predicted octanol–water partition coefficient (Wildman–Crippen LogP) is 22.2. The van der Waals surface area contributed by atoms with Gasteiger partial charge in [-0.05, 0) is 160 Å². The Morgan fingerprint density at radius 2 is 0.819 bits per heavy atom. The molecule has 0 bridgehead atoms. The molecule has 30 heteroatoms. The molecule has 0 aliphatic heterocycles. The summed E-state index contributed by atoms with van der Waals surface area (Å²) < 4.78 is 7.75. The van der Waals surface area contributed by atoms with E-state index in [0.29, 0.717) is 52.3 Å². The molecule has 0 spiro atoms. The van der Waals surface area contributed by atoms with Gasteiger partial charge in [-0.1, -0.05) is 122 Å². The van der Waals surface area contributed by atoms with Crippen LogP contribution in [0.25, 0.3) is 80.7 Å². The van der Waals surface area contributed by atoms with Crippen molar-refractivity contribution >= 4 is 244 Å². The number of nitrogens with zero attached hydrogens (tertiary/aromatic N) is 10. The van der Waals surface area contributed by atoms with Crippen LogP contribution < -0.4 is 31.5 Å². The summed E-state index contributed by atoms with van der Waals surface area (Å²) in [6.07, 6.45) is 19.0. The van der Waals surface area contributed by atoms with Crippen LogP contribution in [0.15, 0.2) is 266 Å². The van der Waals surface area contributed by atoms with E-state index in [2.05, 4.69) is 110 Å². The molecule has 0 aliphatic carbocycles. The normalized spacial score (nSPS) is 10.7. The zero-order valence-corrected chi connectivity index (χ0v) is 72.8. The number of aromatic carboxylic acids is 2. The van der Waals surface area contributed by atoms with E-state index in [0.717, 1.165) is 127 Å². The van der Waals surface area contributed by atoms with E-state index in [-0.39, 0.29) is 50.3 Å². The molecule has 0 unspecified atom stereocenters. The Hall–Kier alpha value is -9.32. The third-order valence-electron chi connectivity index (χ3n) is 17.8. The number of likely N-dealkylation sites (N-methyl/N-ethyl adjacent to an activating group) is 4. The largest absolute Gasteiger partial charge is 0.478 e. The number of aromatic nitrogens is 6. The van der Waals surface area contributed by atoms with Gasteiger partial charge in [-0.15, -0.1) is 70.4 Å². The van der Waals surface area contributed by atoms with Crippen molar-refractivity contribution in [3.05, 3.63) is 309 Å². The fourth-order valence-electron chi connectivity index (χ4n) is 11.6. The highest BCUT2D eigenvalue weighted by Crippen LogP contribution is 2.35. The topological polar surface area (TPSA) is 233 Å².